The fourth-order valence-corrected chi connectivity index (χ4v) is 3.52. The molecular weight excluding hydrogens is 478 g/mol. The predicted octanol–water partition coefficient (Wildman–Crippen LogP) is 2.32. The Morgan fingerprint density at radius 3 is 2.09 bits per heavy atom. The first-order chi connectivity index (χ1) is 16.7. The molecule has 3 rings (SSSR count). The lowest BCUT2D eigenvalue weighted by atomic mass is 10.1. The van der Waals surface area contributed by atoms with E-state index in [9.17, 15) is 27.4 Å². The van der Waals surface area contributed by atoms with Gasteiger partial charge in [0, 0.05) is 5.69 Å². The van der Waals surface area contributed by atoms with Gasteiger partial charge in [-0.2, -0.15) is 0 Å². The number of nitrogens with zero attached hydrogens (tertiary/aromatic N) is 1. The third-order valence-electron chi connectivity index (χ3n) is 4.63. The Bertz CT molecular complexity index is 1390. The van der Waals surface area contributed by atoms with Crippen LogP contribution >= 0.6 is 0 Å². The molecule has 2 aromatic carbocycles. The number of carbonyl (C=O) groups excluding carboxylic acids is 2. The monoisotopic (exact) mass is 500 g/mol. The molecule has 1 heterocycles. The Kier molecular flexibility index (Phi) is 7.89. The van der Waals surface area contributed by atoms with Crippen LogP contribution in [0.2, 0.25) is 0 Å². The number of carbonyl (C=O) groups is 2. The summed E-state index contributed by atoms with van der Waals surface area (Å²) in [5.41, 5.74) is -0.456. The number of hydrogen-bond donors (Lipinski definition) is 2. The van der Waals surface area contributed by atoms with E-state index in [4.69, 9.17) is 9.47 Å². The van der Waals surface area contributed by atoms with E-state index in [-0.39, 0.29) is 30.3 Å². The van der Waals surface area contributed by atoms with E-state index in [2.05, 4.69) is 10.4 Å². The molecule has 11 nitrogen and oxygen atoms in total. The molecule has 0 aliphatic carbocycles. The minimum Gasteiger partial charge on any atom is -0.744 e. The highest BCUT2D eigenvalue weighted by Crippen LogP contribution is 2.22. The molecule has 0 unspecified atom stereocenters. The smallest absolute Gasteiger partial charge is 0.345 e. The number of H-pyrrole nitrogens is 1. The van der Waals surface area contributed by atoms with Crippen LogP contribution in [-0.4, -0.2) is 47.9 Å². The number of nitrogens with one attached hydrogen (secondary N) is 2. The molecule has 0 fully saturated rings. The van der Waals surface area contributed by atoms with Crippen molar-refractivity contribution in [3.63, 3.8) is 0 Å². The topological polar surface area (TPSA) is 160 Å². The van der Waals surface area contributed by atoms with Crippen molar-refractivity contribution in [2.75, 3.05) is 18.5 Å². The van der Waals surface area contributed by atoms with E-state index in [0.29, 0.717) is 5.69 Å². The van der Waals surface area contributed by atoms with E-state index in [0.717, 1.165) is 22.9 Å². The van der Waals surface area contributed by atoms with Crippen LogP contribution in [0.1, 0.15) is 19.4 Å². The maximum atomic E-state index is 13.3. The predicted molar refractivity (Wildman–Crippen MR) is 125 cm³/mol. The van der Waals surface area contributed by atoms with Crippen LogP contribution in [0, 0.1) is 0 Å². The van der Waals surface area contributed by atoms with Gasteiger partial charge in [-0.05, 0) is 56.3 Å². The van der Waals surface area contributed by atoms with Crippen molar-refractivity contribution in [2.45, 2.75) is 18.7 Å². The van der Waals surface area contributed by atoms with Crippen LogP contribution in [0.3, 0.4) is 0 Å². The van der Waals surface area contributed by atoms with Gasteiger partial charge in [-0.25, -0.2) is 22.7 Å². The van der Waals surface area contributed by atoms with E-state index < -0.39 is 38.1 Å². The number of aromatic nitrogens is 2. The first-order valence-corrected chi connectivity index (χ1v) is 11.9. The summed E-state index contributed by atoms with van der Waals surface area (Å²) in [6.07, 6.45) is 1.06. The quantitative estimate of drug-likeness (QED) is 0.148. The van der Waals surface area contributed by atoms with Gasteiger partial charge < -0.3 is 19.3 Å². The van der Waals surface area contributed by atoms with Crippen molar-refractivity contribution in [2.24, 2.45) is 0 Å². The summed E-state index contributed by atoms with van der Waals surface area (Å²) < 4.78 is 44.6. The molecule has 12 heteroatoms. The van der Waals surface area contributed by atoms with Crippen molar-refractivity contribution in [3.8, 4) is 5.69 Å². The number of ether oxygens (including phenoxy) is 2. The number of hydrogen-bond acceptors (Lipinski definition) is 9. The third kappa shape index (κ3) is 6.05. The van der Waals surface area contributed by atoms with Gasteiger partial charge in [0.1, 0.15) is 21.5 Å². The van der Waals surface area contributed by atoms with Gasteiger partial charge in [-0.15, -0.1) is 0 Å². The molecule has 3 aromatic rings. The summed E-state index contributed by atoms with van der Waals surface area (Å²) in [7, 11) is -4.67. The fourth-order valence-electron chi connectivity index (χ4n) is 3.05. The van der Waals surface area contributed by atoms with Crippen LogP contribution < -0.4 is 10.9 Å². The number of aromatic amines is 1. The van der Waals surface area contributed by atoms with E-state index in [1.54, 1.807) is 44.2 Å². The maximum absolute atomic E-state index is 13.3. The SMILES string of the molecule is CCOC(=O)C(=Cc1c(Nc2ccccc2)[nH]n(-c2ccc(S(=O)(=O)[O-])cc2)c1=O)C(=O)OCC. The molecule has 0 amide bonds. The van der Waals surface area contributed by atoms with E-state index in [1.165, 1.54) is 12.1 Å². The Balaban J connectivity index is 2.18. The Hall–Kier alpha value is -4.16. The van der Waals surface area contributed by atoms with Gasteiger partial charge in [0.25, 0.3) is 5.56 Å². The largest absolute Gasteiger partial charge is 0.744 e. The number of anilines is 2. The lowest BCUT2D eigenvalue weighted by molar-refractivity contribution is -0.146. The maximum Gasteiger partial charge on any atom is 0.345 e. The van der Waals surface area contributed by atoms with Gasteiger partial charge in [-0.3, -0.25) is 9.89 Å². The zero-order valence-electron chi connectivity index (χ0n) is 18.8. The Morgan fingerprint density at radius 2 is 1.57 bits per heavy atom. The molecule has 0 radical (unpaired) electrons. The van der Waals surface area contributed by atoms with E-state index >= 15 is 0 Å². The van der Waals surface area contributed by atoms with Crippen molar-refractivity contribution in [1.29, 1.82) is 0 Å². The van der Waals surface area contributed by atoms with Crippen molar-refractivity contribution >= 4 is 39.6 Å². The molecule has 184 valence electrons. The average molecular weight is 501 g/mol. The zero-order valence-corrected chi connectivity index (χ0v) is 19.6. The van der Waals surface area contributed by atoms with Gasteiger partial charge in [0.2, 0.25) is 0 Å². The molecule has 0 saturated carbocycles. The zero-order chi connectivity index (χ0) is 25.6. The molecule has 35 heavy (non-hydrogen) atoms. The second-order valence-corrected chi connectivity index (χ2v) is 8.36. The first kappa shape index (κ1) is 25.5. The van der Waals surface area contributed by atoms with Crippen LogP contribution in [0.25, 0.3) is 11.8 Å². The van der Waals surface area contributed by atoms with Gasteiger partial charge in [0.05, 0.1) is 29.4 Å². The molecule has 0 aliphatic heterocycles. The van der Waals surface area contributed by atoms with Gasteiger partial charge in [-0.1, -0.05) is 18.2 Å². The molecule has 0 spiro atoms. The standard InChI is InChI=1S/C23H23N3O8S/c1-3-33-22(28)19(23(29)34-4-2)14-18-20(24-15-8-6-5-7-9-15)25-26(21(18)27)16-10-12-17(13-11-16)35(30,31)32/h5-14,24-25H,3-4H2,1-2H3,(H,30,31,32)/p-1. The second kappa shape index (κ2) is 10.8. The number of para-hydroxylation sites is 1. The van der Waals surface area contributed by atoms with Gasteiger partial charge >= 0.3 is 11.9 Å². The Morgan fingerprint density at radius 1 is 1.00 bits per heavy atom. The summed E-state index contributed by atoms with van der Waals surface area (Å²) >= 11 is 0. The lowest BCUT2D eigenvalue weighted by Crippen LogP contribution is -2.20. The average Bonchev–Trinajstić information content (AvgIpc) is 3.12. The molecule has 0 atom stereocenters. The highest BCUT2D eigenvalue weighted by Gasteiger charge is 2.24. The second-order valence-electron chi connectivity index (χ2n) is 6.98. The third-order valence-corrected chi connectivity index (χ3v) is 5.48. The van der Waals surface area contributed by atoms with Crippen LogP contribution in [0.15, 0.2) is 69.9 Å². The molecular formula is C23H22N3O8S-. The number of benzene rings is 2. The minimum absolute atomic E-state index is 0.00294. The number of esters is 2. The lowest BCUT2D eigenvalue weighted by Gasteiger charge is -2.08. The van der Waals surface area contributed by atoms with Crippen molar-refractivity contribution in [3.05, 3.63) is 76.1 Å². The summed E-state index contributed by atoms with van der Waals surface area (Å²) in [6, 6.07) is 13.4. The van der Waals surface area contributed by atoms with Crippen LogP contribution in [-0.2, 0) is 29.2 Å². The summed E-state index contributed by atoms with van der Waals surface area (Å²) in [5.74, 6) is -1.80. The first-order valence-electron chi connectivity index (χ1n) is 10.4. The van der Waals surface area contributed by atoms with Crippen LogP contribution in [0.5, 0.6) is 0 Å². The summed E-state index contributed by atoms with van der Waals surface area (Å²) in [4.78, 5) is 37.7. The normalized spacial score (nSPS) is 10.9. The highest BCUT2D eigenvalue weighted by molar-refractivity contribution is 7.85. The fraction of sp³-hybridized carbons (Fsp3) is 0.174. The van der Waals surface area contributed by atoms with E-state index in [1.807, 2.05) is 0 Å². The molecule has 2 N–H and O–H groups in total. The van der Waals surface area contributed by atoms with Gasteiger partial charge in [0.15, 0.2) is 0 Å². The Labute approximate surface area is 200 Å². The highest BCUT2D eigenvalue weighted by atomic mass is 32.2. The number of rotatable bonds is 9. The summed E-state index contributed by atoms with van der Waals surface area (Å²) in [5, 5.41) is 5.85. The van der Waals surface area contributed by atoms with Crippen molar-refractivity contribution < 1.29 is 32.0 Å². The van der Waals surface area contributed by atoms with Crippen LogP contribution in [0.4, 0.5) is 11.5 Å². The molecule has 0 aliphatic rings. The minimum atomic E-state index is -4.67. The summed E-state index contributed by atoms with van der Waals surface area (Å²) in [6.45, 7) is 3.13. The molecule has 0 bridgehead atoms. The van der Waals surface area contributed by atoms with Crippen molar-refractivity contribution in [1.82, 2.24) is 9.78 Å². The molecule has 0 saturated heterocycles. The molecule has 1 aromatic heterocycles.